The lowest BCUT2D eigenvalue weighted by atomic mass is 10.2. The van der Waals surface area contributed by atoms with Crippen molar-refractivity contribution in [1.29, 1.82) is 0 Å². The molecule has 1 heterocycles. The van der Waals surface area contributed by atoms with Crippen molar-refractivity contribution in [2.24, 2.45) is 4.99 Å². The summed E-state index contributed by atoms with van der Waals surface area (Å²) in [4.78, 5) is 4.66. The number of ether oxygens (including phenoxy) is 3. The monoisotopic (exact) mass is 349 g/mol. The summed E-state index contributed by atoms with van der Waals surface area (Å²) < 4.78 is 16.4. The molecule has 1 fully saturated rings. The van der Waals surface area contributed by atoms with Gasteiger partial charge in [-0.15, -0.1) is 0 Å². The topological polar surface area (TPSA) is 64.1 Å². The van der Waals surface area contributed by atoms with Gasteiger partial charge in [-0.05, 0) is 37.5 Å². The Balaban J connectivity index is 1.83. The van der Waals surface area contributed by atoms with Crippen LogP contribution in [0.5, 0.6) is 5.75 Å². The molecule has 0 amide bonds. The second-order valence-corrected chi connectivity index (χ2v) is 6.05. The first-order valence-electron chi connectivity index (χ1n) is 9.16. The molecule has 1 atom stereocenters. The van der Waals surface area contributed by atoms with Crippen LogP contribution in [0.15, 0.2) is 29.3 Å². The van der Waals surface area contributed by atoms with E-state index in [2.05, 4.69) is 28.6 Å². The lowest BCUT2D eigenvalue weighted by molar-refractivity contribution is 0.114. The molecule has 6 nitrogen and oxygen atoms in total. The zero-order chi connectivity index (χ0) is 17.7. The summed E-state index contributed by atoms with van der Waals surface area (Å²) in [6, 6.07) is 8.08. The lowest BCUT2D eigenvalue weighted by Gasteiger charge is -2.15. The number of nitrogens with one attached hydrogen (secondary N) is 2. The van der Waals surface area contributed by atoms with Crippen molar-refractivity contribution in [3.8, 4) is 5.75 Å². The van der Waals surface area contributed by atoms with Crippen molar-refractivity contribution in [3.63, 3.8) is 0 Å². The van der Waals surface area contributed by atoms with Gasteiger partial charge in [-0.25, -0.2) is 4.99 Å². The van der Waals surface area contributed by atoms with Crippen LogP contribution in [0, 0.1) is 0 Å². The van der Waals surface area contributed by atoms with E-state index in [1.165, 1.54) is 0 Å². The van der Waals surface area contributed by atoms with Gasteiger partial charge in [0.15, 0.2) is 5.96 Å². The van der Waals surface area contributed by atoms with Crippen LogP contribution in [-0.4, -0.2) is 52.1 Å². The number of hydrogen-bond acceptors (Lipinski definition) is 4. The number of hydrogen-bond donors (Lipinski definition) is 2. The molecule has 0 aromatic heterocycles. The van der Waals surface area contributed by atoms with Crippen LogP contribution in [-0.2, 0) is 16.0 Å². The van der Waals surface area contributed by atoms with E-state index in [9.17, 15) is 0 Å². The van der Waals surface area contributed by atoms with E-state index in [0.29, 0.717) is 25.9 Å². The van der Waals surface area contributed by atoms with Crippen LogP contribution in [0.3, 0.4) is 0 Å². The van der Waals surface area contributed by atoms with Crippen LogP contribution >= 0.6 is 0 Å². The summed E-state index contributed by atoms with van der Waals surface area (Å²) in [6.45, 7) is 6.55. The van der Waals surface area contributed by atoms with Crippen molar-refractivity contribution in [2.45, 2.75) is 38.8 Å². The Morgan fingerprint density at radius 2 is 2.24 bits per heavy atom. The van der Waals surface area contributed by atoms with Crippen molar-refractivity contribution >= 4 is 5.96 Å². The Morgan fingerprint density at radius 1 is 1.32 bits per heavy atom. The van der Waals surface area contributed by atoms with Gasteiger partial charge in [-0.1, -0.05) is 12.1 Å². The first kappa shape index (κ1) is 19.5. The van der Waals surface area contributed by atoms with E-state index in [1.807, 2.05) is 18.2 Å². The maximum atomic E-state index is 5.74. The number of nitrogens with zero attached hydrogens (tertiary/aromatic N) is 1. The average molecular weight is 349 g/mol. The second kappa shape index (κ2) is 11.7. The van der Waals surface area contributed by atoms with Crippen LogP contribution in [0.25, 0.3) is 0 Å². The van der Waals surface area contributed by atoms with Gasteiger partial charge >= 0.3 is 0 Å². The highest BCUT2D eigenvalue weighted by Crippen LogP contribution is 2.14. The van der Waals surface area contributed by atoms with Crippen LogP contribution in [0.1, 0.15) is 31.7 Å². The molecule has 6 heteroatoms. The molecule has 0 spiro atoms. The van der Waals surface area contributed by atoms with E-state index in [0.717, 1.165) is 56.2 Å². The van der Waals surface area contributed by atoms with Crippen molar-refractivity contribution in [1.82, 2.24) is 10.6 Å². The van der Waals surface area contributed by atoms with Gasteiger partial charge in [0.25, 0.3) is 0 Å². The fraction of sp³-hybridized carbons (Fsp3) is 0.632. The molecule has 1 aromatic rings. The number of rotatable bonds is 10. The predicted molar refractivity (Wildman–Crippen MR) is 100 cm³/mol. The Hall–Kier alpha value is -1.79. The molecule has 1 aliphatic rings. The Morgan fingerprint density at radius 3 is 3.00 bits per heavy atom. The van der Waals surface area contributed by atoms with E-state index < -0.39 is 0 Å². The maximum absolute atomic E-state index is 5.74. The van der Waals surface area contributed by atoms with Gasteiger partial charge in [-0.3, -0.25) is 0 Å². The van der Waals surface area contributed by atoms with E-state index in [-0.39, 0.29) is 0 Å². The minimum atomic E-state index is 0.299. The molecule has 1 saturated heterocycles. The fourth-order valence-electron chi connectivity index (χ4n) is 2.65. The van der Waals surface area contributed by atoms with Crippen LogP contribution in [0.4, 0.5) is 0 Å². The summed E-state index contributed by atoms with van der Waals surface area (Å²) in [5, 5.41) is 6.64. The quantitative estimate of drug-likeness (QED) is 0.386. The maximum Gasteiger partial charge on any atom is 0.191 e. The standard InChI is InChI=1S/C19H31N3O3/c1-3-20-19(22-15-18-9-5-11-25-18)21-14-16-7-4-8-17(13-16)24-12-6-10-23-2/h4,7-8,13,18H,3,5-6,9-12,14-15H2,1-2H3,(H2,20,21,22). The number of methoxy groups -OCH3 is 1. The third-order valence-electron chi connectivity index (χ3n) is 3.95. The Bertz CT molecular complexity index is 516. The molecule has 0 bridgehead atoms. The highest BCUT2D eigenvalue weighted by Gasteiger charge is 2.15. The summed E-state index contributed by atoms with van der Waals surface area (Å²) in [5.41, 5.74) is 1.12. The van der Waals surface area contributed by atoms with E-state index >= 15 is 0 Å². The highest BCUT2D eigenvalue weighted by molar-refractivity contribution is 5.79. The number of guanidine groups is 1. The zero-order valence-corrected chi connectivity index (χ0v) is 15.4. The van der Waals surface area contributed by atoms with Crippen LogP contribution in [0.2, 0.25) is 0 Å². The number of benzene rings is 1. The minimum absolute atomic E-state index is 0.299. The molecular formula is C19H31N3O3. The first-order chi connectivity index (χ1) is 12.3. The predicted octanol–water partition coefficient (Wildman–Crippen LogP) is 2.34. The summed E-state index contributed by atoms with van der Waals surface area (Å²) in [5.74, 6) is 1.70. The fourth-order valence-corrected chi connectivity index (χ4v) is 2.65. The van der Waals surface area contributed by atoms with E-state index in [1.54, 1.807) is 7.11 Å². The Kier molecular flexibility index (Phi) is 9.15. The van der Waals surface area contributed by atoms with Gasteiger partial charge in [-0.2, -0.15) is 0 Å². The highest BCUT2D eigenvalue weighted by atomic mass is 16.5. The summed E-state index contributed by atoms with van der Waals surface area (Å²) in [7, 11) is 1.70. The van der Waals surface area contributed by atoms with Gasteiger partial charge in [0.05, 0.1) is 19.3 Å². The normalized spacial score (nSPS) is 17.5. The van der Waals surface area contributed by atoms with Gasteiger partial charge in [0, 0.05) is 39.8 Å². The molecule has 2 N–H and O–H groups in total. The summed E-state index contributed by atoms with van der Waals surface area (Å²) in [6.07, 6.45) is 3.45. The molecule has 1 aromatic carbocycles. The van der Waals surface area contributed by atoms with E-state index in [4.69, 9.17) is 14.2 Å². The molecular weight excluding hydrogens is 318 g/mol. The lowest BCUT2D eigenvalue weighted by Crippen LogP contribution is -2.41. The largest absolute Gasteiger partial charge is 0.493 e. The van der Waals surface area contributed by atoms with Gasteiger partial charge in [0.1, 0.15) is 5.75 Å². The van der Waals surface area contributed by atoms with Crippen LogP contribution < -0.4 is 15.4 Å². The minimum Gasteiger partial charge on any atom is -0.493 e. The molecule has 1 aliphatic heterocycles. The van der Waals surface area contributed by atoms with Crippen molar-refractivity contribution in [2.75, 3.05) is 40.0 Å². The molecule has 2 rings (SSSR count). The molecule has 25 heavy (non-hydrogen) atoms. The Labute approximate surface area is 151 Å². The first-order valence-corrected chi connectivity index (χ1v) is 9.16. The van der Waals surface area contributed by atoms with Gasteiger partial charge in [0.2, 0.25) is 0 Å². The SMILES string of the molecule is CCNC(=NCc1cccc(OCCCOC)c1)NCC1CCCO1. The number of aliphatic imine (C=N–C) groups is 1. The summed E-state index contributed by atoms with van der Waals surface area (Å²) >= 11 is 0. The molecule has 1 unspecified atom stereocenters. The molecule has 140 valence electrons. The van der Waals surface area contributed by atoms with Crippen molar-refractivity contribution in [3.05, 3.63) is 29.8 Å². The van der Waals surface area contributed by atoms with Crippen molar-refractivity contribution < 1.29 is 14.2 Å². The zero-order valence-electron chi connectivity index (χ0n) is 15.4. The third-order valence-corrected chi connectivity index (χ3v) is 3.95. The molecule has 0 aliphatic carbocycles. The smallest absolute Gasteiger partial charge is 0.191 e. The average Bonchev–Trinajstić information content (AvgIpc) is 3.15. The molecule has 0 saturated carbocycles. The third kappa shape index (κ3) is 7.75. The second-order valence-electron chi connectivity index (χ2n) is 6.05. The molecule has 0 radical (unpaired) electrons. The van der Waals surface area contributed by atoms with Gasteiger partial charge < -0.3 is 24.8 Å².